The molecule has 4 aromatic rings. The number of nitrogens with zero attached hydrogens (tertiary/aromatic N) is 1. The highest BCUT2D eigenvalue weighted by atomic mass is 35.5. The number of ether oxygens (including phenoxy) is 1. The topological polar surface area (TPSA) is 80.9 Å². The van der Waals surface area contributed by atoms with Crippen molar-refractivity contribution in [2.24, 2.45) is 16.3 Å². The third kappa shape index (κ3) is 6.43. The molecule has 6 nitrogen and oxygen atoms in total. The molecule has 1 N–H and O–H groups in total. The zero-order valence-corrected chi connectivity index (χ0v) is 25.5. The van der Waals surface area contributed by atoms with Crippen LogP contribution in [0, 0.1) is 11.3 Å². The third-order valence-electron chi connectivity index (χ3n) is 7.39. The van der Waals surface area contributed by atoms with Crippen LogP contribution in [0.2, 0.25) is 10.0 Å². The lowest BCUT2D eigenvalue weighted by molar-refractivity contribution is 0.0601. The van der Waals surface area contributed by atoms with Crippen LogP contribution in [0.3, 0.4) is 0 Å². The summed E-state index contributed by atoms with van der Waals surface area (Å²) in [4.78, 5) is 31.8. The number of carbonyl (C=O) groups is 2. The van der Waals surface area contributed by atoms with Crippen molar-refractivity contribution in [1.82, 2.24) is 0 Å². The van der Waals surface area contributed by atoms with Gasteiger partial charge in [-0.05, 0) is 90.8 Å². The molecule has 1 atom stereocenters. The van der Waals surface area contributed by atoms with Gasteiger partial charge in [0.05, 0.1) is 24.5 Å². The second-order valence-corrected chi connectivity index (χ2v) is 13.0. The van der Waals surface area contributed by atoms with Crippen molar-refractivity contribution in [2.75, 3.05) is 12.4 Å². The molecule has 2 aromatic carbocycles. The zero-order chi connectivity index (χ0) is 29.3. The highest BCUT2D eigenvalue weighted by molar-refractivity contribution is 7.16. The van der Waals surface area contributed by atoms with Gasteiger partial charge in [-0.1, -0.05) is 44.0 Å². The fourth-order valence-corrected chi connectivity index (χ4v) is 6.63. The number of anilines is 1. The Morgan fingerprint density at radius 1 is 1.07 bits per heavy atom. The van der Waals surface area contributed by atoms with Crippen molar-refractivity contribution in [3.63, 3.8) is 0 Å². The van der Waals surface area contributed by atoms with E-state index in [0.717, 1.165) is 24.8 Å². The number of methoxy groups -OCH3 is 1. The number of esters is 1. The van der Waals surface area contributed by atoms with Gasteiger partial charge in [0, 0.05) is 26.2 Å². The van der Waals surface area contributed by atoms with Crippen molar-refractivity contribution < 1.29 is 18.7 Å². The molecule has 41 heavy (non-hydrogen) atoms. The molecule has 5 rings (SSSR count). The molecule has 1 aliphatic carbocycles. The number of benzene rings is 2. The first-order chi connectivity index (χ1) is 19.5. The Hall–Kier alpha value is -3.39. The highest BCUT2D eigenvalue weighted by Crippen LogP contribution is 2.45. The van der Waals surface area contributed by atoms with Crippen LogP contribution in [0.25, 0.3) is 11.3 Å². The number of aliphatic imine (C=N–C) groups is 1. The SMILES string of the molecule is COC(=O)c1ccc(Cl)cc1-c1ccc(C=Nc2sc3c(c2C(=O)Nc2ccc(Cl)cc2)CC[C@@H](C(C)(C)C)C3)o1. The average Bonchev–Trinajstić information content (AvgIpc) is 3.56. The number of thiophene rings is 1. The van der Waals surface area contributed by atoms with Gasteiger partial charge in [0.2, 0.25) is 0 Å². The lowest BCUT2D eigenvalue weighted by Crippen LogP contribution is -2.27. The standard InChI is InChI=1S/C32H30Cl2N2O4S/c1-32(2,3)18-5-12-24-27(15-18)41-30(28(24)29(37)36-21-9-6-19(33)7-10-21)35-17-22-11-14-26(40-22)25-16-20(34)8-13-23(25)31(38)39-4/h6-11,13-14,16-18H,5,12,15H2,1-4H3,(H,36,37)/t18-/m1/s1. The van der Waals surface area contributed by atoms with E-state index < -0.39 is 5.97 Å². The molecule has 0 saturated heterocycles. The van der Waals surface area contributed by atoms with Crippen LogP contribution in [-0.4, -0.2) is 25.2 Å². The number of furan rings is 1. The molecule has 9 heteroatoms. The van der Waals surface area contributed by atoms with E-state index in [9.17, 15) is 9.59 Å². The molecule has 212 valence electrons. The summed E-state index contributed by atoms with van der Waals surface area (Å²) >= 11 is 13.8. The molecule has 1 aliphatic rings. The second-order valence-electron chi connectivity index (χ2n) is 11.1. The number of carbonyl (C=O) groups excluding carboxylic acids is 2. The Labute approximate surface area is 253 Å². The summed E-state index contributed by atoms with van der Waals surface area (Å²) in [6.07, 6.45) is 4.35. The number of amides is 1. The lowest BCUT2D eigenvalue weighted by atomic mass is 9.72. The van der Waals surface area contributed by atoms with E-state index in [4.69, 9.17) is 37.3 Å². The molecule has 1 amide bonds. The molecule has 0 aliphatic heterocycles. The predicted octanol–water partition coefficient (Wildman–Crippen LogP) is 9.26. The molecule has 0 bridgehead atoms. The molecule has 2 heterocycles. The first-order valence-electron chi connectivity index (χ1n) is 13.3. The van der Waals surface area contributed by atoms with Gasteiger partial charge in [0.15, 0.2) is 0 Å². The fraction of sp³-hybridized carbons (Fsp3) is 0.281. The smallest absolute Gasteiger partial charge is 0.338 e. The van der Waals surface area contributed by atoms with Crippen molar-refractivity contribution in [3.05, 3.63) is 92.0 Å². The van der Waals surface area contributed by atoms with Gasteiger partial charge in [-0.25, -0.2) is 9.79 Å². The maximum absolute atomic E-state index is 13.6. The van der Waals surface area contributed by atoms with Gasteiger partial charge in [0.25, 0.3) is 5.91 Å². The first-order valence-corrected chi connectivity index (χ1v) is 14.8. The minimum absolute atomic E-state index is 0.171. The number of nitrogens with one attached hydrogen (secondary N) is 1. The van der Waals surface area contributed by atoms with E-state index in [1.165, 1.54) is 12.0 Å². The molecular weight excluding hydrogens is 579 g/mol. The Balaban J connectivity index is 1.48. The number of fused-ring (bicyclic) bond motifs is 1. The minimum Gasteiger partial charge on any atom is -0.465 e. The summed E-state index contributed by atoms with van der Waals surface area (Å²) in [5.74, 6) is 0.754. The van der Waals surface area contributed by atoms with Crippen molar-refractivity contribution in [1.29, 1.82) is 0 Å². The van der Waals surface area contributed by atoms with E-state index in [0.29, 0.717) is 54.9 Å². The van der Waals surface area contributed by atoms with Crippen LogP contribution in [0.1, 0.15) is 64.1 Å². The summed E-state index contributed by atoms with van der Waals surface area (Å²) in [6, 6.07) is 15.4. The Morgan fingerprint density at radius 2 is 1.80 bits per heavy atom. The van der Waals surface area contributed by atoms with Crippen molar-refractivity contribution in [2.45, 2.75) is 40.0 Å². The minimum atomic E-state index is -0.489. The quantitative estimate of drug-likeness (QED) is 0.175. The molecule has 0 unspecified atom stereocenters. The maximum Gasteiger partial charge on any atom is 0.338 e. The Kier molecular flexibility index (Phi) is 8.41. The van der Waals surface area contributed by atoms with Gasteiger partial charge in [-0.15, -0.1) is 11.3 Å². The number of rotatable bonds is 6. The van der Waals surface area contributed by atoms with Gasteiger partial charge in [0.1, 0.15) is 16.5 Å². The normalized spacial score (nSPS) is 15.1. The Bertz CT molecular complexity index is 1630. The van der Waals surface area contributed by atoms with E-state index in [-0.39, 0.29) is 11.3 Å². The summed E-state index contributed by atoms with van der Waals surface area (Å²) in [7, 11) is 1.33. The van der Waals surface area contributed by atoms with Crippen LogP contribution in [0.15, 0.2) is 64.0 Å². The van der Waals surface area contributed by atoms with E-state index in [2.05, 4.69) is 26.1 Å². The second kappa shape index (κ2) is 11.8. The molecule has 0 spiro atoms. The van der Waals surface area contributed by atoms with E-state index >= 15 is 0 Å². The fourth-order valence-electron chi connectivity index (χ4n) is 5.06. The zero-order valence-electron chi connectivity index (χ0n) is 23.2. The van der Waals surface area contributed by atoms with Crippen LogP contribution in [-0.2, 0) is 17.6 Å². The predicted molar refractivity (Wildman–Crippen MR) is 166 cm³/mol. The summed E-state index contributed by atoms with van der Waals surface area (Å²) in [5.41, 5.74) is 3.36. The van der Waals surface area contributed by atoms with Crippen LogP contribution in [0.5, 0.6) is 0 Å². The Morgan fingerprint density at radius 3 is 2.51 bits per heavy atom. The highest BCUT2D eigenvalue weighted by Gasteiger charge is 2.33. The summed E-state index contributed by atoms with van der Waals surface area (Å²) in [5, 5.41) is 4.71. The average molecular weight is 610 g/mol. The van der Waals surface area contributed by atoms with Gasteiger partial charge >= 0.3 is 5.97 Å². The van der Waals surface area contributed by atoms with Crippen LogP contribution >= 0.6 is 34.5 Å². The molecular formula is C32H30Cl2N2O4S. The molecule has 0 saturated carbocycles. The summed E-state index contributed by atoms with van der Waals surface area (Å²) in [6.45, 7) is 6.80. The van der Waals surface area contributed by atoms with Crippen LogP contribution in [0.4, 0.5) is 10.7 Å². The number of hydrogen-bond acceptors (Lipinski definition) is 6. The maximum atomic E-state index is 13.6. The largest absolute Gasteiger partial charge is 0.465 e. The van der Waals surface area contributed by atoms with Crippen molar-refractivity contribution in [3.8, 4) is 11.3 Å². The summed E-state index contributed by atoms with van der Waals surface area (Å²) < 4.78 is 10.9. The van der Waals surface area contributed by atoms with Crippen molar-refractivity contribution >= 4 is 63.3 Å². The first kappa shape index (κ1) is 29.1. The molecule has 2 aromatic heterocycles. The monoisotopic (exact) mass is 608 g/mol. The van der Waals surface area contributed by atoms with E-state index in [1.807, 2.05) is 0 Å². The number of hydrogen-bond donors (Lipinski definition) is 1. The third-order valence-corrected chi connectivity index (χ3v) is 9.04. The lowest BCUT2D eigenvalue weighted by Gasteiger charge is -2.33. The van der Waals surface area contributed by atoms with Gasteiger partial charge < -0.3 is 14.5 Å². The van der Waals surface area contributed by atoms with E-state index in [1.54, 1.807) is 72.1 Å². The molecule has 0 fully saturated rings. The number of halogens is 2. The van der Waals surface area contributed by atoms with Gasteiger partial charge in [-0.2, -0.15) is 0 Å². The van der Waals surface area contributed by atoms with Gasteiger partial charge in [-0.3, -0.25) is 4.79 Å². The molecule has 0 radical (unpaired) electrons. The van der Waals surface area contributed by atoms with Crippen LogP contribution < -0.4 is 5.32 Å².